The molecule has 3 nitrogen and oxygen atoms in total. The topological polar surface area (TPSA) is 41.5 Å². The summed E-state index contributed by atoms with van der Waals surface area (Å²) in [5.74, 6) is 0.874. The van der Waals surface area contributed by atoms with Crippen LogP contribution in [0.25, 0.3) is 0 Å². The standard InChI is InChI=1S/C17H20ClNO2S/c1-21-16-9-12(3-8-17(16)22-2)10-19-15(11-20)13-4-6-14(18)7-5-13/h3-9,15,19-20H,10-11H2,1-2H3. The first kappa shape index (κ1) is 17.2. The number of ether oxygens (including phenoxy) is 1. The Bertz CT molecular complexity index is 604. The molecule has 0 aliphatic rings. The predicted molar refractivity (Wildman–Crippen MR) is 92.9 cm³/mol. The smallest absolute Gasteiger partial charge is 0.132 e. The van der Waals surface area contributed by atoms with Crippen LogP contribution in [0, 0.1) is 0 Å². The quantitative estimate of drug-likeness (QED) is 0.752. The lowest BCUT2D eigenvalue weighted by Gasteiger charge is -2.17. The minimum absolute atomic E-state index is 0.0294. The molecule has 0 radical (unpaired) electrons. The molecule has 0 amide bonds. The number of aliphatic hydroxyl groups excluding tert-OH is 1. The number of hydrogen-bond acceptors (Lipinski definition) is 4. The molecule has 0 spiro atoms. The van der Waals surface area contributed by atoms with E-state index >= 15 is 0 Å². The van der Waals surface area contributed by atoms with Gasteiger partial charge in [0, 0.05) is 16.5 Å². The summed E-state index contributed by atoms with van der Waals surface area (Å²) in [5.41, 5.74) is 2.13. The monoisotopic (exact) mass is 337 g/mol. The summed E-state index contributed by atoms with van der Waals surface area (Å²) in [7, 11) is 1.68. The molecule has 1 atom stereocenters. The van der Waals surface area contributed by atoms with Crippen molar-refractivity contribution in [2.24, 2.45) is 0 Å². The number of halogens is 1. The van der Waals surface area contributed by atoms with E-state index in [1.807, 2.05) is 36.6 Å². The first-order chi connectivity index (χ1) is 10.7. The molecule has 0 saturated heterocycles. The van der Waals surface area contributed by atoms with Crippen molar-refractivity contribution in [1.82, 2.24) is 5.32 Å². The molecule has 2 N–H and O–H groups in total. The van der Waals surface area contributed by atoms with Gasteiger partial charge < -0.3 is 15.2 Å². The van der Waals surface area contributed by atoms with Crippen molar-refractivity contribution in [3.05, 3.63) is 58.6 Å². The molecule has 0 heterocycles. The largest absolute Gasteiger partial charge is 0.496 e. The van der Waals surface area contributed by atoms with Gasteiger partial charge in [0.05, 0.1) is 19.8 Å². The molecule has 0 aliphatic carbocycles. The van der Waals surface area contributed by atoms with Crippen molar-refractivity contribution in [2.45, 2.75) is 17.5 Å². The van der Waals surface area contributed by atoms with Crippen LogP contribution in [0.15, 0.2) is 47.4 Å². The van der Waals surface area contributed by atoms with Gasteiger partial charge in [-0.15, -0.1) is 11.8 Å². The van der Waals surface area contributed by atoms with E-state index in [1.54, 1.807) is 18.9 Å². The molecule has 5 heteroatoms. The van der Waals surface area contributed by atoms with Crippen LogP contribution in [0.5, 0.6) is 5.75 Å². The molecule has 0 saturated carbocycles. The van der Waals surface area contributed by atoms with Crippen LogP contribution >= 0.6 is 23.4 Å². The van der Waals surface area contributed by atoms with Crippen molar-refractivity contribution in [2.75, 3.05) is 20.0 Å². The van der Waals surface area contributed by atoms with Crippen molar-refractivity contribution in [3.63, 3.8) is 0 Å². The first-order valence-corrected chi connectivity index (χ1v) is 8.58. The van der Waals surface area contributed by atoms with Gasteiger partial charge in [-0.3, -0.25) is 0 Å². The van der Waals surface area contributed by atoms with E-state index in [1.165, 1.54) is 0 Å². The number of benzene rings is 2. The van der Waals surface area contributed by atoms with Crippen LogP contribution < -0.4 is 10.1 Å². The van der Waals surface area contributed by atoms with E-state index in [0.717, 1.165) is 21.8 Å². The summed E-state index contributed by atoms with van der Waals surface area (Å²) in [5, 5.41) is 13.6. The van der Waals surface area contributed by atoms with Crippen LogP contribution in [0.3, 0.4) is 0 Å². The van der Waals surface area contributed by atoms with Crippen LogP contribution in [-0.4, -0.2) is 25.1 Å². The molecule has 0 aliphatic heterocycles. The molecule has 0 bridgehead atoms. The highest BCUT2D eigenvalue weighted by molar-refractivity contribution is 7.98. The van der Waals surface area contributed by atoms with Crippen LogP contribution in [0.2, 0.25) is 5.02 Å². The Kier molecular flexibility index (Phi) is 6.58. The van der Waals surface area contributed by atoms with Gasteiger partial charge >= 0.3 is 0 Å². The zero-order valence-corrected chi connectivity index (χ0v) is 14.2. The fourth-order valence-electron chi connectivity index (χ4n) is 2.21. The van der Waals surface area contributed by atoms with Gasteiger partial charge in [-0.2, -0.15) is 0 Å². The van der Waals surface area contributed by atoms with Gasteiger partial charge in [0.2, 0.25) is 0 Å². The zero-order chi connectivity index (χ0) is 15.9. The highest BCUT2D eigenvalue weighted by Crippen LogP contribution is 2.28. The number of thioether (sulfide) groups is 1. The minimum atomic E-state index is -0.122. The second kappa shape index (κ2) is 8.44. The molecule has 0 aromatic heterocycles. The summed E-state index contributed by atoms with van der Waals surface area (Å²) in [6.45, 7) is 0.681. The second-order valence-corrected chi connectivity index (χ2v) is 6.14. The van der Waals surface area contributed by atoms with E-state index < -0.39 is 0 Å². The molecule has 0 fully saturated rings. The lowest BCUT2D eigenvalue weighted by molar-refractivity contribution is 0.243. The maximum absolute atomic E-state index is 9.59. The van der Waals surface area contributed by atoms with Gasteiger partial charge in [0.15, 0.2) is 0 Å². The van der Waals surface area contributed by atoms with Crippen LogP contribution in [0.1, 0.15) is 17.2 Å². The van der Waals surface area contributed by atoms with Crippen molar-refractivity contribution < 1.29 is 9.84 Å². The van der Waals surface area contributed by atoms with Gasteiger partial charge in [-0.1, -0.05) is 29.8 Å². The molecular formula is C17H20ClNO2S. The van der Waals surface area contributed by atoms with Gasteiger partial charge in [0.25, 0.3) is 0 Å². The maximum atomic E-state index is 9.59. The number of rotatable bonds is 7. The Hall–Kier alpha value is -1.20. The third-order valence-electron chi connectivity index (χ3n) is 3.46. The molecule has 1 unspecified atom stereocenters. The van der Waals surface area contributed by atoms with Crippen molar-refractivity contribution >= 4 is 23.4 Å². The number of nitrogens with one attached hydrogen (secondary N) is 1. The number of methoxy groups -OCH3 is 1. The Balaban J connectivity index is 2.05. The van der Waals surface area contributed by atoms with Gasteiger partial charge in [0.1, 0.15) is 5.75 Å². The summed E-state index contributed by atoms with van der Waals surface area (Å²) < 4.78 is 5.40. The van der Waals surface area contributed by atoms with E-state index in [9.17, 15) is 5.11 Å². The van der Waals surface area contributed by atoms with E-state index in [0.29, 0.717) is 11.6 Å². The third-order valence-corrected chi connectivity index (χ3v) is 4.48. The van der Waals surface area contributed by atoms with E-state index in [4.69, 9.17) is 16.3 Å². The third kappa shape index (κ3) is 4.40. The molecule has 2 rings (SSSR count). The molecule has 2 aromatic rings. The zero-order valence-electron chi connectivity index (χ0n) is 12.7. The van der Waals surface area contributed by atoms with Crippen LogP contribution in [-0.2, 0) is 6.54 Å². The summed E-state index contributed by atoms with van der Waals surface area (Å²) >= 11 is 7.55. The Labute approximate surface area is 140 Å². The highest BCUT2D eigenvalue weighted by atomic mass is 35.5. The molecule has 2 aromatic carbocycles. The number of aliphatic hydroxyl groups is 1. The average molecular weight is 338 g/mol. The minimum Gasteiger partial charge on any atom is -0.496 e. The normalized spacial score (nSPS) is 12.2. The second-order valence-electron chi connectivity index (χ2n) is 4.86. The van der Waals surface area contributed by atoms with Crippen molar-refractivity contribution in [1.29, 1.82) is 0 Å². The predicted octanol–water partition coefficient (Wildman–Crippen LogP) is 3.89. The fraction of sp³-hybridized carbons (Fsp3) is 0.294. The first-order valence-electron chi connectivity index (χ1n) is 6.98. The fourth-order valence-corrected chi connectivity index (χ4v) is 2.89. The Morgan fingerprint density at radius 3 is 2.55 bits per heavy atom. The van der Waals surface area contributed by atoms with Crippen LogP contribution in [0.4, 0.5) is 0 Å². The van der Waals surface area contributed by atoms with Gasteiger partial charge in [-0.25, -0.2) is 0 Å². The van der Waals surface area contributed by atoms with E-state index in [-0.39, 0.29) is 12.6 Å². The summed E-state index contributed by atoms with van der Waals surface area (Å²) in [6.07, 6.45) is 2.03. The Morgan fingerprint density at radius 1 is 1.23 bits per heavy atom. The summed E-state index contributed by atoms with van der Waals surface area (Å²) in [4.78, 5) is 1.11. The lowest BCUT2D eigenvalue weighted by Crippen LogP contribution is -2.23. The molecule has 22 heavy (non-hydrogen) atoms. The highest BCUT2D eigenvalue weighted by Gasteiger charge is 2.10. The van der Waals surface area contributed by atoms with E-state index in [2.05, 4.69) is 17.4 Å². The number of hydrogen-bond donors (Lipinski definition) is 2. The molecule has 118 valence electrons. The summed E-state index contributed by atoms with van der Waals surface area (Å²) in [6, 6.07) is 13.5. The maximum Gasteiger partial charge on any atom is 0.132 e. The molecular weight excluding hydrogens is 318 g/mol. The SMILES string of the molecule is COc1cc(CNC(CO)c2ccc(Cl)cc2)ccc1SC. The average Bonchev–Trinajstić information content (AvgIpc) is 2.56. The van der Waals surface area contributed by atoms with Gasteiger partial charge in [-0.05, 0) is 41.6 Å². The Morgan fingerprint density at radius 2 is 1.95 bits per heavy atom. The van der Waals surface area contributed by atoms with Crippen molar-refractivity contribution in [3.8, 4) is 5.75 Å². The lowest BCUT2D eigenvalue weighted by atomic mass is 10.1.